The third-order valence-corrected chi connectivity index (χ3v) is 11.7. The van der Waals surface area contributed by atoms with Crippen molar-refractivity contribution in [2.45, 2.75) is 81.9 Å². The molecule has 222 valence electrons. The number of alkyl carbamates (subject to hydrolysis) is 1. The summed E-state index contributed by atoms with van der Waals surface area (Å²) in [6, 6.07) is 0.311. The number of hydrogen-bond acceptors (Lipinski definition) is 9. The summed E-state index contributed by atoms with van der Waals surface area (Å²) in [5.41, 5.74) is 0. The van der Waals surface area contributed by atoms with Gasteiger partial charge >= 0.3 is 19.7 Å². The van der Waals surface area contributed by atoms with Crippen LogP contribution in [0.4, 0.5) is 9.59 Å². The van der Waals surface area contributed by atoms with Crippen molar-refractivity contribution >= 4 is 43.6 Å². The van der Waals surface area contributed by atoms with Gasteiger partial charge in [-0.05, 0) is 33.1 Å². The van der Waals surface area contributed by atoms with Gasteiger partial charge in [0.2, 0.25) is 5.91 Å². The van der Waals surface area contributed by atoms with Gasteiger partial charge in [0.15, 0.2) is 6.21 Å². The van der Waals surface area contributed by atoms with Gasteiger partial charge in [-0.15, -0.1) is 0 Å². The fourth-order valence-electron chi connectivity index (χ4n) is 5.12. The number of thioether (sulfide) groups is 1. The Kier molecular flexibility index (Phi) is 11.8. The van der Waals surface area contributed by atoms with Crippen LogP contribution in [0, 0.1) is 11.1 Å². The molecular weight excluding hydrogens is 549 g/mol. The molecule has 0 unspecified atom stereocenters. The van der Waals surface area contributed by atoms with E-state index in [1.165, 1.54) is 13.1 Å². The Labute approximate surface area is 234 Å². The third-order valence-electron chi connectivity index (χ3n) is 7.37. The first kappa shape index (κ1) is 31.5. The highest BCUT2D eigenvalue weighted by Crippen LogP contribution is 2.64. The molecule has 2 fully saturated rings. The van der Waals surface area contributed by atoms with Gasteiger partial charge in [0.25, 0.3) is 5.28 Å². The molecule has 4 N–H and O–H groups in total. The van der Waals surface area contributed by atoms with Gasteiger partial charge in [-0.3, -0.25) is 9.36 Å². The molecule has 0 aromatic heterocycles. The zero-order chi connectivity index (χ0) is 28.5. The number of unbranched alkanes of at least 4 members (excludes halogenated alkanes) is 1. The average molecular weight is 592 g/mol. The molecule has 0 aromatic carbocycles. The van der Waals surface area contributed by atoms with Gasteiger partial charge in [0.05, 0.1) is 31.2 Å². The molecule has 39 heavy (non-hydrogen) atoms. The van der Waals surface area contributed by atoms with Crippen molar-refractivity contribution in [2.24, 2.45) is 5.92 Å². The Morgan fingerprint density at radius 2 is 1.90 bits per heavy atom. The number of rotatable bonds is 16. The number of nitrogens with one attached hydrogen (secondary N) is 4. The maximum Gasteiger partial charge on any atom is 0.407 e. The van der Waals surface area contributed by atoms with E-state index in [1.54, 1.807) is 13.8 Å². The summed E-state index contributed by atoms with van der Waals surface area (Å²) in [4.78, 5) is 35.7. The van der Waals surface area contributed by atoms with Crippen LogP contribution in [0.2, 0.25) is 0 Å². The number of hydroxylamine groups is 1. The van der Waals surface area contributed by atoms with Crippen LogP contribution >= 0.6 is 19.4 Å². The molecule has 2 saturated heterocycles. The lowest BCUT2D eigenvalue weighted by Crippen LogP contribution is -2.43. The second-order valence-corrected chi connectivity index (χ2v) is 13.7. The highest BCUT2D eigenvalue weighted by Gasteiger charge is 2.63. The monoisotopic (exact) mass is 591 g/mol. The van der Waals surface area contributed by atoms with Crippen molar-refractivity contribution in [3.63, 3.8) is 0 Å². The zero-order valence-corrected chi connectivity index (χ0v) is 24.7. The van der Waals surface area contributed by atoms with Crippen molar-refractivity contribution in [3.8, 4) is 0 Å². The van der Waals surface area contributed by atoms with Gasteiger partial charge < -0.3 is 40.3 Å². The topological polar surface area (TPSA) is 170 Å². The van der Waals surface area contributed by atoms with Gasteiger partial charge in [-0.25, -0.2) is 9.59 Å². The Bertz CT molecular complexity index is 945. The third kappa shape index (κ3) is 7.80. The maximum absolute atomic E-state index is 13.4. The van der Waals surface area contributed by atoms with Crippen molar-refractivity contribution < 1.29 is 37.5 Å². The normalized spacial score (nSPS) is 27.9. The van der Waals surface area contributed by atoms with E-state index >= 15 is 0 Å². The smallest absolute Gasteiger partial charge is 0.407 e. The lowest BCUT2D eigenvalue weighted by atomic mass is 10.0. The van der Waals surface area contributed by atoms with Gasteiger partial charge in [0.1, 0.15) is 6.61 Å². The van der Waals surface area contributed by atoms with E-state index in [-0.39, 0.29) is 50.3 Å². The lowest BCUT2D eigenvalue weighted by Gasteiger charge is -2.34. The van der Waals surface area contributed by atoms with E-state index in [4.69, 9.17) is 13.8 Å². The Morgan fingerprint density at radius 3 is 2.62 bits per heavy atom. The Hall–Kier alpha value is -2.02. The molecule has 13 nitrogen and oxygen atoms in total. The van der Waals surface area contributed by atoms with E-state index in [0.29, 0.717) is 35.9 Å². The number of ether oxygens (including phenoxy) is 1. The number of carbonyl (C=O) groups excluding carboxylic acids is 3. The number of nitrogens with zero attached hydrogens (tertiary/aromatic N) is 1. The molecule has 0 bridgehead atoms. The fraction of sp³-hybridized carbons (Fsp3) is 0.833. The van der Waals surface area contributed by atoms with Crippen molar-refractivity contribution in [2.75, 3.05) is 38.7 Å². The van der Waals surface area contributed by atoms with Crippen molar-refractivity contribution in [1.82, 2.24) is 21.3 Å². The fourth-order valence-corrected chi connectivity index (χ4v) is 8.89. The van der Waals surface area contributed by atoms with E-state index in [0.717, 1.165) is 25.0 Å². The van der Waals surface area contributed by atoms with Crippen LogP contribution in [0.3, 0.4) is 0 Å². The second-order valence-electron chi connectivity index (χ2n) is 9.96. The predicted octanol–water partition coefficient (Wildman–Crippen LogP) is 2.53. The number of fused-ring (bicyclic) bond motifs is 1. The molecular formula is C24H42N5O8PS. The minimum atomic E-state index is -3.80. The SMILES string of the molecule is CCOP(=O)(OCC)[C@]1(C)[C@H](COC(=O)NCCCNC(=O)CCCC[C@@H]2SC[C@H]3NC(=O)N[C@@H]23)CC=[N+]1[O-]. The average Bonchev–Trinajstić information content (AvgIpc) is 3.54. The van der Waals surface area contributed by atoms with Crippen LogP contribution in [-0.2, 0) is 23.1 Å². The van der Waals surface area contributed by atoms with E-state index in [9.17, 15) is 24.2 Å². The minimum absolute atomic E-state index is 0.0303. The molecule has 5 atom stereocenters. The van der Waals surface area contributed by atoms with Crippen LogP contribution in [0.1, 0.15) is 59.3 Å². The summed E-state index contributed by atoms with van der Waals surface area (Å²) < 4.78 is 30.1. The molecule has 0 aromatic rings. The largest absolute Gasteiger partial charge is 0.623 e. The number of amides is 4. The highest BCUT2D eigenvalue weighted by molar-refractivity contribution is 8.00. The molecule has 0 radical (unpaired) electrons. The number of urea groups is 1. The summed E-state index contributed by atoms with van der Waals surface area (Å²) in [7, 11) is -3.80. The van der Waals surface area contributed by atoms with Crippen molar-refractivity contribution in [3.05, 3.63) is 5.21 Å². The van der Waals surface area contributed by atoms with Crippen LogP contribution in [-0.4, -0.2) is 90.3 Å². The molecule has 3 aliphatic heterocycles. The number of hydrogen-bond donors (Lipinski definition) is 4. The van der Waals surface area contributed by atoms with Gasteiger partial charge in [0, 0.05) is 43.9 Å². The lowest BCUT2D eigenvalue weighted by molar-refractivity contribution is -0.515. The zero-order valence-electron chi connectivity index (χ0n) is 22.9. The highest BCUT2D eigenvalue weighted by atomic mass is 32.2. The second kappa shape index (κ2) is 14.6. The molecule has 3 aliphatic rings. The first-order chi connectivity index (χ1) is 18.6. The maximum atomic E-state index is 13.4. The molecule has 0 aliphatic carbocycles. The van der Waals surface area contributed by atoms with E-state index < -0.39 is 24.9 Å². The van der Waals surface area contributed by atoms with E-state index in [1.807, 2.05) is 11.8 Å². The van der Waals surface area contributed by atoms with Gasteiger partial charge in [-0.1, -0.05) is 6.42 Å². The van der Waals surface area contributed by atoms with Crippen LogP contribution < -0.4 is 21.3 Å². The minimum Gasteiger partial charge on any atom is -0.623 e. The Morgan fingerprint density at radius 1 is 1.18 bits per heavy atom. The van der Waals surface area contributed by atoms with Crippen LogP contribution in [0.15, 0.2) is 0 Å². The van der Waals surface area contributed by atoms with E-state index in [2.05, 4.69) is 21.3 Å². The molecule has 3 rings (SSSR count). The molecule has 15 heteroatoms. The summed E-state index contributed by atoms with van der Waals surface area (Å²) >= 11 is 1.87. The Balaban J connectivity index is 1.26. The van der Waals surface area contributed by atoms with Crippen molar-refractivity contribution in [1.29, 1.82) is 0 Å². The first-order valence-corrected chi connectivity index (χ1v) is 16.3. The predicted molar refractivity (Wildman–Crippen MR) is 148 cm³/mol. The molecule has 3 heterocycles. The molecule has 4 amide bonds. The first-order valence-electron chi connectivity index (χ1n) is 13.7. The van der Waals surface area contributed by atoms with Gasteiger partial charge in [-0.2, -0.15) is 16.5 Å². The summed E-state index contributed by atoms with van der Waals surface area (Å²) in [6.07, 6.45) is 4.62. The summed E-state index contributed by atoms with van der Waals surface area (Å²) in [5, 5.41) is 22.9. The number of carbonyl (C=O) groups is 3. The molecule has 0 saturated carbocycles. The van der Waals surface area contributed by atoms with Crippen LogP contribution in [0.5, 0.6) is 0 Å². The van der Waals surface area contributed by atoms with Crippen LogP contribution in [0.25, 0.3) is 0 Å². The summed E-state index contributed by atoms with van der Waals surface area (Å²) in [6.45, 7) is 5.69. The quantitative estimate of drug-likeness (QED) is 0.0692. The summed E-state index contributed by atoms with van der Waals surface area (Å²) in [5.74, 6) is 0.334. The molecule has 0 spiro atoms. The standard InChI is InChI=1S/C24H42N5O8PS/c1-4-36-38(34,37-5-2)24(3)17(11-14-29(24)33)15-35-23(32)26-13-8-12-25-20(30)10-7-6-9-19-21-18(16-39-19)27-22(31)28-21/h14,17-19,21H,4-13,15-16H2,1-3H3,(H,25,30)(H,26,32)(H2,27,28,31)/t17-,18+,19-,21+,24+/m0/s1.